The van der Waals surface area contributed by atoms with Crippen LogP contribution < -0.4 is 31.9 Å². The van der Waals surface area contributed by atoms with Crippen molar-refractivity contribution in [2.75, 3.05) is 0 Å². The highest BCUT2D eigenvalue weighted by atomic mass is 15.0. The number of nitrogens with one attached hydrogen (secondary N) is 6. The number of rotatable bonds is 13. The molecule has 2 atom stereocenters. The first-order chi connectivity index (χ1) is 23.9. The van der Waals surface area contributed by atoms with Gasteiger partial charge in [0.15, 0.2) is 0 Å². The Balaban J connectivity index is -0.000000132. The molecule has 2 unspecified atom stereocenters. The van der Waals surface area contributed by atoms with Crippen LogP contribution in [0.1, 0.15) is 228 Å². The van der Waals surface area contributed by atoms with Crippen LogP contribution in [0.15, 0.2) is 0 Å². The zero-order valence-electron chi connectivity index (χ0n) is 44.9. The average molecular weight is 790 g/mol. The minimum absolute atomic E-state index is 0.209. The van der Waals surface area contributed by atoms with E-state index in [1.165, 1.54) is 0 Å². The van der Waals surface area contributed by atoms with E-state index in [2.05, 4.69) is 260 Å². The van der Waals surface area contributed by atoms with Gasteiger partial charge in [0.05, 0.1) is 0 Å². The fraction of sp³-hybridized carbons (Fsp3) is 1.00. The fourth-order valence-corrected chi connectivity index (χ4v) is 4.85. The molecule has 342 valence electrons. The molecule has 0 saturated heterocycles. The molecule has 0 radical (unpaired) electrons. The van der Waals surface area contributed by atoms with Crippen LogP contribution in [0.25, 0.3) is 0 Å². The van der Waals surface area contributed by atoms with Crippen molar-refractivity contribution in [1.82, 2.24) is 31.9 Å². The number of hydrogen-bond acceptors (Lipinski definition) is 6. The van der Waals surface area contributed by atoms with Gasteiger partial charge in [0.25, 0.3) is 0 Å². The Morgan fingerprint density at radius 2 is 0.636 bits per heavy atom. The first-order valence-electron chi connectivity index (χ1n) is 22.6. The predicted molar refractivity (Wildman–Crippen MR) is 260 cm³/mol. The fourth-order valence-electron chi connectivity index (χ4n) is 4.85. The molecule has 55 heavy (non-hydrogen) atoms. The largest absolute Gasteiger partial charge is 0.312 e. The van der Waals surface area contributed by atoms with Crippen molar-refractivity contribution in [3.63, 3.8) is 0 Å². The maximum atomic E-state index is 3.56. The Bertz CT molecular complexity index is 810. The summed E-state index contributed by atoms with van der Waals surface area (Å²) in [6, 6.07) is 5.42. The molecule has 0 amide bonds. The third-order valence-electron chi connectivity index (χ3n) is 9.50. The van der Waals surface area contributed by atoms with E-state index < -0.39 is 0 Å². The van der Waals surface area contributed by atoms with Crippen molar-refractivity contribution >= 4 is 0 Å². The quantitative estimate of drug-likeness (QED) is 0.112. The molecule has 0 aromatic heterocycles. The van der Waals surface area contributed by atoms with Crippen molar-refractivity contribution < 1.29 is 0 Å². The Morgan fingerprint density at radius 1 is 0.327 bits per heavy atom. The Hall–Kier alpha value is -0.240. The molecule has 0 aromatic rings. The summed E-state index contributed by atoms with van der Waals surface area (Å²) in [4.78, 5) is 0. The summed E-state index contributed by atoms with van der Waals surface area (Å²) in [5, 5.41) is 20.7. The van der Waals surface area contributed by atoms with Gasteiger partial charge in [-0.15, -0.1) is 0 Å². The number of hydrogen-bond donors (Lipinski definition) is 6. The van der Waals surface area contributed by atoms with Crippen LogP contribution in [0.2, 0.25) is 0 Å². The van der Waals surface area contributed by atoms with Crippen LogP contribution in [-0.2, 0) is 0 Å². The molecule has 0 aliphatic heterocycles. The summed E-state index contributed by atoms with van der Waals surface area (Å²) in [6.45, 7) is 72.9. The molecule has 0 aromatic carbocycles. The lowest BCUT2D eigenvalue weighted by Crippen LogP contribution is -2.52. The molecule has 0 fully saturated rings. The van der Waals surface area contributed by atoms with Gasteiger partial charge in [0.1, 0.15) is 0 Å². The van der Waals surface area contributed by atoms with E-state index in [-0.39, 0.29) is 16.6 Å². The second-order valence-electron chi connectivity index (χ2n) is 23.1. The molecular formula is C49H116N6. The van der Waals surface area contributed by atoms with E-state index in [0.717, 1.165) is 5.92 Å². The second-order valence-corrected chi connectivity index (χ2v) is 23.1. The summed E-state index contributed by atoms with van der Waals surface area (Å²) in [5.74, 6) is 1.43. The van der Waals surface area contributed by atoms with Crippen LogP contribution >= 0.6 is 0 Å². The Labute approximate surface area is 353 Å². The highest BCUT2D eigenvalue weighted by Gasteiger charge is 2.32. The van der Waals surface area contributed by atoms with Crippen LogP contribution in [0.5, 0.6) is 0 Å². The molecule has 0 aliphatic carbocycles. The van der Waals surface area contributed by atoms with Crippen LogP contribution in [-0.4, -0.2) is 71.0 Å². The summed E-state index contributed by atoms with van der Waals surface area (Å²) < 4.78 is 0. The molecule has 0 rings (SSSR count). The highest BCUT2D eigenvalue weighted by Crippen LogP contribution is 2.29. The molecule has 6 heteroatoms. The third-order valence-corrected chi connectivity index (χ3v) is 9.50. The van der Waals surface area contributed by atoms with Gasteiger partial charge < -0.3 is 31.9 Å². The van der Waals surface area contributed by atoms with Crippen LogP contribution in [0.3, 0.4) is 0 Å². The van der Waals surface area contributed by atoms with Gasteiger partial charge in [-0.25, -0.2) is 0 Å². The molecule has 6 N–H and O–H groups in total. The summed E-state index contributed by atoms with van der Waals surface area (Å²) in [7, 11) is 0. The molecular weight excluding hydrogens is 673 g/mol. The third kappa shape index (κ3) is 53.8. The summed E-state index contributed by atoms with van der Waals surface area (Å²) in [5.41, 5.74) is 1.45. The van der Waals surface area contributed by atoms with Gasteiger partial charge in [-0.3, -0.25) is 0 Å². The standard InChI is InChI=1S/C10H23N.2C9H21N.C8H19N.C7H17N.C6H15N/c1-8(2)11-10(6,7)9(3,4)5;1-7(2)10-8(3)9(4,5)6;1-7(2)9(5,6)10-8(3)4;1-6(2)8(5)9-7(3)4;1-6(2)8-7(3,4)5;1-5(2)7-6(3)4/h8,11H,1-7H3;2*7-8,10H,1-6H3;6-9H,1-5H3;6,8H,1-5H3;5-7H,1-4H3. The predicted octanol–water partition coefficient (Wildman–Crippen LogP) is 12.9. The molecule has 6 nitrogen and oxygen atoms in total. The summed E-state index contributed by atoms with van der Waals surface area (Å²) >= 11 is 0. The van der Waals surface area contributed by atoms with E-state index in [9.17, 15) is 0 Å². The SMILES string of the molecule is CC(C)NC(C)(C)C.CC(C)NC(C)(C)C(C)(C)C.CC(C)NC(C)(C)C(C)C.CC(C)NC(C)C.CC(C)NC(C)C(C)(C)C.CC(C)NC(C)C(C)C. The lowest BCUT2D eigenvalue weighted by atomic mass is 9.76. The van der Waals surface area contributed by atoms with Gasteiger partial charge in [-0.05, 0) is 85.0 Å². The van der Waals surface area contributed by atoms with Crippen molar-refractivity contribution in [2.24, 2.45) is 22.7 Å². The lowest BCUT2D eigenvalue weighted by molar-refractivity contribution is 0.164. The zero-order valence-corrected chi connectivity index (χ0v) is 44.9. The van der Waals surface area contributed by atoms with Gasteiger partial charge in [0.2, 0.25) is 0 Å². The van der Waals surface area contributed by atoms with E-state index in [1.807, 2.05) is 0 Å². The molecule has 0 spiro atoms. The van der Waals surface area contributed by atoms with Gasteiger partial charge >= 0.3 is 0 Å². The first-order valence-corrected chi connectivity index (χ1v) is 22.6. The minimum atomic E-state index is 0.209. The second kappa shape index (κ2) is 31.7. The zero-order chi connectivity index (χ0) is 46.1. The molecule has 0 heterocycles. The van der Waals surface area contributed by atoms with Crippen molar-refractivity contribution in [3.05, 3.63) is 0 Å². The van der Waals surface area contributed by atoms with E-state index in [4.69, 9.17) is 0 Å². The van der Waals surface area contributed by atoms with E-state index in [0.29, 0.717) is 71.1 Å². The first kappa shape index (κ1) is 66.6. The monoisotopic (exact) mass is 789 g/mol. The molecule has 0 saturated carbocycles. The molecule has 0 bridgehead atoms. The van der Waals surface area contributed by atoms with Gasteiger partial charge in [0, 0.05) is 71.0 Å². The summed E-state index contributed by atoms with van der Waals surface area (Å²) in [6.07, 6.45) is 0. The van der Waals surface area contributed by atoms with Crippen molar-refractivity contribution in [2.45, 2.75) is 299 Å². The highest BCUT2D eigenvalue weighted by molar-refractivity contribution is 4.91. The van der Waals surface area contributed by atoms with Crippen LogP contribution in [0, 0.1) is 22.7 Å². The van der Waals surface area contributed by atoms with Crippen LogP contribution in [0.4, 0.5) is 0 Å². The molecule has 0 aliphatic rings. The van der Waals surface area contributed by atoms with E-state index in [1.54, 1.807) is 0 Å². The van der Waals surface area contributed by atoms with Crippen molar-refractivity contribution in [1.29, 1.82) is 0 Å². The smallest absolute Gasteiger partial charge is 0.0175 e. The Morgan fingerprint density at radius 3 is 0.709 bits per heavy atom. The average Bonchev–Trinajstić information content (AvgIpc) is 2.84. The maximum Gasteiger partial charge on any atom is 0.0175 e. The van der Waals surface area contributed by atoms with Crippen molar-refractivity contribution in [3.8, 4) is 0 Å². The van der Waals surface area contributed by atoms with E-state index >= 15 is 0 Å². The topological polar surface area (TPSA) is 72.2 Å². The normalized spacial score (nSPS) is 13.9. The van der Waals surface area contributed by atoms with Gasteiger partial charge in [-0.1, -0.05) is 166 Å². The Kier molecular flexibility index (Phi) is 38.3. The minimum Gasteiger partial charge on any atom is -0.312 e. The maximum absolute atomic E-state index is 3.56. The van der Waals surface area contributed by atoms with Gasteiger partial charge in [-0.2, -0.15) is 0 Å². The lowest BCUT2D eigenvalue weighted by Gasteiger charge is -2.41.